The van der Waals surface area contributed by atoms with E-state index in [-0.39, 0.29) is 32.2 Å². The van der Waals surface area contributed by atoms with E-state index in [1.807, 2.05) is 26.0 Å². The zero-order chi connectivity index (χ0) is 19.5. The Morgan fingerprint density at radius 1 is 1.19 bits per heavy atom. The third-order valence-electron chi connectivity index (χ3n) is 6.48. The number of alkyl halides is 1. The lowest BCUT2D eigenvalue weighted by molar-refractivity contribution is -0.127. The third-order valence-corrected chi connectivity index (χ3v) is 9.21. The number of carbonyl (C=O) groups is 1. The van der Waals surface area contributed by atoms with Crippen molar-refractivity contribution in [2.75, 3.05) is 5.75 Å². The van der Waals surface area contributed by atoms with Gasteiger partial charge in [-0.1, -0.05) is 69.3 Å². The van der Waals surface area contributed by atoms with Crippen molar-refractivity contribution < 1.29 is 17.4 Å². The first-order chi connectivity index (χ1) is 11.8. The number of halogens is 1. The van der Waals surface area contributed by atoms with Crippen molar-refractivity contribution in [2.24, 2.45) is 16.7 Å². The van der Waals surface area contributed by atoms with Crippen molar-refractivity contribution in [1.82, 2.24) is 0 Å². The van der Waals surface area contributed by atoms with Crippen LogP contribution in [0, 0.1) is 16.7 Å². The summed E-state index contributed by atoms with van der Waals surface area (Å²) in [7, 11) is -3.86. The minimum absolute atomic E-state index is 0.00911. The summed E-state index contributed by atoms with van der Waals surface area (Å²) in [5.74, 6) is 0.396. The molecule has 1 aromatic carbocycles. The van der Waals surface area contributed by atoms with Crippen LogP contribution in [0.1, 0.15) is 53.0 Å². The van der Waals surface area contributed by atoms with Crippen LogP contribution in [0.3, 0.4) is 0 Å². The lowest BCUT2D eigenvalue weighted by atomic mass is 9.70. The Morgan fingerprint density at radius 2 is 1.77 bits per heavy atom. The van der Waals surface area contributed by atoms with Crippen LogP contribution in [0.5, 0.6) is 5.75 Å². The van der Waals surface area contributed by atoms with Crippen molar-refractivity contribution in [1.29, 1.82) is 0 Å². The fourth-order valence-electron chi connectivity index (χ4n) is 4.66. The van der Waals surface area contributed by atoms with Crippen LogP contribution in [0.4, 0.5) is 0 Å². The standard InChI is InChI=1S/C20H27IO4S/c1-18(2,3)13-6-8-14(9-7-13)25-26(23,24)12-20-11-10-15(19(20,4)5)16(21)17(20)22/h6-9,15-16H,10-12H2,1-5H3. The lowest BCUT2D eigenvalue weighted by Gasteiger charge is -2.35. The number of benzene rings is 1. The molecule has 0 spiro atoms. The van der Waals surface area contributed by atoms with Gasteiger partial charge in [-0.25, -0.2) is 0 Å². The molecule has 0 aliphatic heterocycles. The van der Waals surface area contributed by atoms with E-state index in [2.05, 4.69) is 43.4 Å². The van der Waals surface area contributed by atoms with Gasteiger partial charge in [-0.05, 0) is 47.3 Å². The molecule has 3 rings (SSSR count). The zero-order valence-electron chi connectivity index (χ0n) is 16.0. The second-order valence-electron chi connectivity index (χ2n) is 9.27. The quantitative estimate of drug-likeness (QED) is 0.354. The third kappa shape index (κ3) is 3.11. The van der Waals surface area contributed by atoms with Gasteiger partial charge in [-0.15, -0.1) is 0 Å². The van der Waals surface area contributed by atoms with Crippen LogP contribution >= 0.6 is 22.6 Å². The Labute approximate surface area is 170 Å². The summed E-state index contributed by atoms with van der Waals surface area (Å²) in [6.07, 6.45) is 1.54. The van der Waals surface area contributed by atoms with E-state index in [9.17, 15) is 13.2 Å². The smallest absolute Gasteiger partial charge is 0.310 e. The second-order valence-corrected chi connectivity index (χ2v) is 12.2. The van der Waals surface area contributed by atoms with Crippen molar-refractivity contribution in [3.8, 4) is 5.75 Å². The molecule has 4 nitrogen and oxygen atoms in total. The molecule has 144 valence electrons. The van der Waals surface area contributed by atoms with Gasteiger partial charge in [-0.3, -0.25) is 4.79 Å². The predicted octanol–water partition coefficient (Wildman–Crippen LogP) is 4.50. The van der Waals surface area contributed by atoms with Crippen molar-refractivity contribution in [3.05, 3.63) is 29.8 Å². The molecule has 0 radical (unpaired) electrons. The molecular formula is C20H27IO4S. The minimum Gasteiger partial charge on any atom is -0.382 e. The summed E-state index contributed by atoms with van der Waals surface area (Å²) in [5, 5.41) is 0. The molecular weight excluding hydrogens is 463 g/mol. The maximum atomic E-state index is 12.9. The molecule has 0 heterocycles. The van der Waals surface area contributed by atoms with E-state index < -0.39 is 15.5 Å². The number of rotatable bonds is 4. The van der Waals surface area contributed by atoms with Gasteiger partial charge in [0, 0.05) is 0 Å². The van der Waals surface area contributed by atoms with Crippen LogP contribution in [0.2, 0.25) is 0 Å². The van der Waals surface area contributed by atoms with Crippen molar-refractivity contribution in [2.45, 2.75) is 56.8 Å². The fraction of sp³-hybridized carbons (Fsp3) is 0.650. The normalized spacial score (nSPS) is 30.6. The summed E-state index contributed by atoms with van der Waals surface area (Å²) >= 11 is 2.19. The Kier molecular flexibility index (Phi) is 4.79. The minimum atomic E-state index is -3.86. The highest BCUT2D eigenvalue weighted by molar-refractivity contribution is 14.1. The average molecular weight is 490 g/mol. The molecule has 2 bridgehead atoms. The Hall–Kier alpha value is -0.630. The summed E-state index contributed by atoms with van der Waals surface area (Å²) in [6, 6.07) is 7.16. The van der Waals surface area contributed by atoms with Crippen molar-refractivity contribution >= 4 is 38.5 Å². The average Bonchev–Trinajstić information content (AvgIpc) is 2.81. The van der Waals surface area contributed by atoms with Gasteiger partial charge in [0.2, 0.25) is 0 Å². The Bertz CT molecular complexity index is 820. The molecule has 0 amide bonds. The Morgan fingerprint density at radius 3 is 2.23 bits per heavy atom. The van der Waals surface area contributed by atoms with E-state index >= 15 is 0 Å². The SMILES string of the molecule is CC(C)(C)c1ccc(OS(=O)(=O)CC23CCC(C(I)C2=O)C3(C)C)cc1. The summed E-state index contributed by atoms with van der Waals surface area (Å²) in [4.78, 5) is 12.9. The number of hydrogen-bond acceptors (Lipinski definition) is 4. The highest BCUT2D eigenvalue weighted by Gasteiger charge is 2.69. The molecule has 2 fully saturated rings. The maximum Gasteiger partial charge on any atom is 0.310 e. The topological polar surface area (TPSA) is 60.4 Å². The highest BCUT2D eigenvalue weighted by Crippen LogP contribution is 2.65. The van der Waals surface area contributed by atoms with E-state index in [0.717, 1.165) is 12.0 Å². The molecule has 0 N–H and O–H groups in total. The second kappa shape index (κ2) is 6.19. The van der Waals surface area contributed by atoms with Crippen LogP contribution in [-0.4, -0.2) is 23.9 Å². The van der Waals surface area contributed by atoms with E-state index in [1.165, 1.54) is 0 Å². The summed E-state index contributed by atoms with van der Waals surface area (Å²) < 4.78 is 30.8. The number of Topliss-reactive ketones (excluding diaryl/α,β-unsaturated/α-hetero) is 1. The van der Waals surface area contributed by atoms with Crippen LogP contribution < -0.4 is 4.18 Å². The lowest BCUT2D eigenvalue weighted by Crippen LogP contribution is -2.44. The number of ketones is 1. The van der Waals surface area contributed by atoms with Crippen LogP contribution in [0.25, 0.3) is 0 Å². The van der Waals surface area contributed by atoms with E-state index in [1.54, 1.807) is 12.1 Å². The molecule has 1 aromatic rings. The van der Waals surface area contributed by atoms with Gasteiger partial charge < -0.3 is 4.18 Å². The molecule has 2 aliphatic rings. The summed E-state index contributed by atoms with van der Waals surface area (Å²) in [6.45, 7) is 10.4. The van der Waals surface area contributed by atoms with Crippen LogP contribution in [-0.2, 0) is 20.3 Å². The molecule has 3 unspecified atom stereocenters. The first kappa shape index (κ1) is 20.1. The van der Waals surface area contributed by atoms with E-state index in [0.29, 0.717) is 12.2 Å². The van der Waals surface area contributed by atoms with Gasteiger partial charge in [0.1, 0.15) is 5.75 Å². The monoisotopic (exact) mass is 490 g/mol. The highest BCUT2D eigenvalue weighted by atomic mass is 127. The number of hydrogen-bond donors (Lipinski definition) is 0. The van der Waals surface area contributed by atoms with Gasteiger partial charge >= 0.3 is 10.1 Å². The maximum absolute atomic E-state index is 12.9. The van der Waals surface area contributed by atoms with Crippen molar-refractivity contribution in [3.63, 3.8) is 0 Å². The van der Waals surface area contributed by atoms with Crippen LogP contribution in [0.15, 0.2) is 24.3 Å². The fourth-order valence-corrected chi connectivity index (χ4v) is 8.24. The number of fused-ring (bicyclic) bond motifs is 2. The molecule has 0 aromatic heterocycles. The largest absolute Gasteiger partial charge is 0.382 e. The van der Waals surface area contributed by atoms with Gasteiger partial charge in [0.05, 0.1) is 15.1 Å². The molecule has 2 saturated carbocycles. The predicted molar refractivity (Wildman–Crippen MR) is 111 cm³/mol. The van der Waals surface area contributed by atoms with E-state index in [4.69, 9.17) is 4.18 Å². The molecule has 3 atom stereocenters. The molecule has 0 saturated heterocycles. The van der Waals surface area contributed by atoms with Gasteiger partial charge in [-0.2, -0.15) is 8.42 Å². The first-order valence-electron chi connectivity index (χ1n) is 9.01. The first-order valence-corrected chi connectivity index (χ1v) is 11.8. The Balaban J connectivity index is 1.83. The zero-order valence-corrected chi connectivity index (χ0v) is 19.0. The molecule has 6 heteroatoms. The van der Waals surface area contributed by atoms with Gasteiger partial charge in [0.25, 0.3) is 0 Å². The molecule has 2 aliphatic carbocycles. The number of carbonyl (C=O) groups excluding carboxylic acids is 1. The van der Waals surface area contributed by atoms with Gasteiger partial charge in [0.15, 0.2) is 5.78 Å². The molecule has 26 heavy (non-hydrogen) atoms. The summed E-state index contributed by atoms with van der Waals surface area (Å²) in [5.41, 5.74) is -0.0413.